The molecule has 0 spiro atoms. The predicted octanol–water partition coefficient (Wildman–Crippen LogP) is 3.94. The van der Waals surface area contributed by atoms with E-state index in [1.165, 1.54) is 77.2 Å². The smallest absolute Gasteiger partial charge is 0.0108 e. The minimum absolute atomic E-state index is 0.826. The highest BCUT2D eigenvalue weighted by molar-refractivity contribution is 4.76. The number of unbranched alkanes of at least 4 members (excludes halogenated alkanes) is 5. The summed E-state index contributed by atoms with van der Waals surface area (Å²) >= 11 is 0. The standard InChI is InChI=1S/C16H34N2/c1-2-3-4-5-6-10-14-18(15-13-17)16-11-8-7-9-12-16/h16H,2-15,17H2,1H3. The number of nitrogens with zero attached hydrogens (tertiary/aromatic N) is 1. The van der Waals surface area contributed by atoms with Crippen molar-refractivity contribution in [2.45, 2.75) is 83.6 Å². The lowest BCUT2D eigenvalue weighted by Crippen LogP contribution is -2.40. The Hall–Kier alpha value is -0.0800. The highest BCUT2D eigenvalue weighted by Gasteiger charge is 2.19. The first-order chi connectivity index (χ1) is 8.88. The maximum Gasteiger partial charge on any atom is 0.0108 e. The van der Waals surface area contributed by atoms with Gasteiger partial charge in [-0.3, -0.25) is 4.90 Å². The molecule has 1 rings (SSSR count). The van der Waals surface area contributed by atoms with Crippen molar-refractivity contribution in [3.05, 3.63) is 0 Å². The molecular weight excluding hydrogens is 220 g/mol. The van der Waals surface area contributed by atoms with Crippen molar-refractivity contribution in [3.63, 3.8) is 0 Å². The lowest BCUT2D eigenvalue weighted by atomic mass is 9.94. The van der Waals surface area contributed by atoms with Crippen molar-refractivity contribution < 1.29 is 0 Å². The Balaban J connectivity index is 2.12. The van der Waals surface area contributed by atoms with E-state index in [0.717, 1.165) is 19.1 Å². The van der Waals surface area contributed by atoms with Crippen LogP contribution >= 0.6 is 0 Å². The van der Waals surface area contributed by atoms with Gasteiger partial charge in [-0.15, -0.1) is 0 Å². The molecule has 0 saturated heterocycles. The molecule has 108 valence electrons. The molecule has 0 aromatic carbocycles. The Morgan fingerprint density at radius 3 is 2.22 bits per heavy atom. The molecule has 1 aliphatic rings. The maximum atomic E-state index is 5.76. The third-order valence-electron chi connectivity index (χ3n) is 4.31. The highest BCUT2D eigenvalue weighted by Crippen LogP contribution is 2.22. The van der Waals surface area contributed by atoms with Crippen molar-refractivity contribution in [2.75, 3.05) is 19.6 Å². The van der Waals surface area contributed by atoms with Gasteiger partial charge in [0.15, 0.2) is 0 Å². The van der Waals surface area contributed by atoms with E-state index >= 15 is 0 Å². The zero-order valence-electron chi connectivity index (χ0n) is 12.5. The van der Waals surface area contributed by atoms with Crippen LogP contribution in [0.2, 0.25) is 0 Å². The van der Waals surface area contributed by atoms with E-state index in [0.29, 0.717) is 0 Å². The number of rotatable bonds is 10. The Bertz CT molecular complexity index is 176. The summed E-state index contributed by atoms with van der Waals surface area (Å²) in [4.78, 5) is 2.68. The first kappa shape index (κ1) is 16.0. The average Bonchev–Trinajstić information content (AvgIpc) is 2.42. The van der Waals surface area contributed by atoms with Gasteiger partial charge in [0.05, 0.1) is 0 Å². The molecule has 0 aromatic heterocycles. The molecule has 0 bridgehead atoms. The van der Waals surface area contributed by atoms with E-state index in [2.05, 4.69) is 11.8 Å². The van der Waals surface area contributed by atoms with Gasteiger partial charge in [0.25, 0.3) is 0 Å². The summed E-state index contributed by atoms with van der Waals surface area (Å²) in [5.41, 5.74) is 5.76. The van der Waals surface area contributed by atoms with Crippen LogP contribution in [0, 0.1) is 0 Å². The van der Waals surface area contributed by atoms with Gasteiger partial charge in [-0.05, 0) is 25.8 Å². The van der Waals surface area contributed by atoms with Gasteiger partial charge in [-0.1, -0.05) is 58.3 Å². The molecular formula is C16H34N2. The van der Waals surface area contributed by atoms with Crippen molar-refractivity contribution in [2.24, 2.45) is 5.73 Å². The van der Waals surface area contributed by atoms with Crippen LogP contribution in [0.5, 0.6) is 0 Å². The van der Waals surface area contributed by atoms with Gasteiger partial charge in [0, 0.05) is 19.1 Å². The van der Waals surface area contributed by atoms with Crippen LogP contribution in [0.4, 0.5) is 0 Å². The van der Waals surface area contributed by atoms with E-state index in [4.69, 9.17) is 5.73 Å². The largest absolute Gasteiger partial charge is 0.329 e. The molecule has 0 radical (unpaired) electrons. The summed E-state index contributed by atoms with van der Waals surface area (Å²) in [7, 11) is 0. The molecule has 0 amide bonds. The molecule has 0 unspecified atom stereocenters. The van der Waals surface area contributed by atoms with Crippen LogP contribution in [0.25, 0.3) is 0 Å². The third kappa shape index (κ3) is 6.75. The quantitative estimate of drug-likeness (QED) is 0.598. The zero-order chi connectivity index (χ0) is 13.1. The normalized spacial score (nSPS) is 17.5. The summed E-state index contributed by atoms with van der Waals surface area (Å²) in [6.45, 7) is 5.51. The molecule has 0 aliphatic heterocycles. The topological polar surface area (TPSA) is 29.3 Å². The minimum Gasteiger partial charge on any atom is -0.329 e. The van der Waals surface area contributed by atoms with Crippen LogP contribution in [-0.2, 0) is 0 Å². The summed E-state index contributed by atoms with van der Waals surface area (Å²) < 4.78 is 0. The SMILES string of the molecule is CCCCCCCCN(CCN)C1CCCCC1. The fourth-order valence-electron chi connectivity index (χ4n) is 3.18. The minimum atomic E-state index is 0.826. The number of hydrogen-bond donors (Lipinski definition) is 1. The van der Waals surface area contributed by atoms with Gasteiger partial charge in [-0.2, -0.15) is 0 Å². The van der Waals surface area contributed by atoms with Crippen LogP contribution < -0.4 is 5.73 Å². The summed E-state index contributed by atoms with van der Waals surface area (Å²) in [6.07, 6.45) is 15.5. The lowest BCUT2D eigenvalue weighted by Gasteiger charge is -2.34. The number of nitrogens with two attached hydrogens (primary N) is 1. The first-order valence-electron chi connectivity index (χ1n) is 8.32. The molecule has 2 heteroatoms. The van der Waals surface area contributed by atoms with Gasteiger partial charge >= 0.3 is 0 Å². The summed E-state index contributed by atoms with van der Waals surface area (Å²) in [6, 6.07) is 0.845. The monoisotopic (exact) mass is 254 g/mol. The van der Waals surface area contributed by atoms with Crippen molar-refractivity contribution in [1.82, 2.24) is 4.90 Å². The number of hydrogen-bond acceptors (Lipinski definition) is 2. The molecule has 1 saturated carbocycles. The second-order valence-corrected chi connectivity index (χ2v) is 5.88. The maximum absolute atomic E-state index is 5.76. The van der Waals surface area contributed by atoms with Crippen molar-refractivity contribution >= 4 is 0 Å². The van der Waals surface area contributed by atoms with E-state index in [1.54, 1.807) is 0 Å². The Morgan fingerprint density at radius 2 is 1.56 bits per heavy atom. The van der Waals surface area contributed by atoms with E-state index in [1.807, 2.05) is 0 Å². The van der Waals surface area contributed by atoms with E-state index < -0.39 is 0 Å². The molecule has 0 heterocycles. The fourth-order valence-corrected chi connectivity index (χ4v) is 3.18. The Morgan fingerprint density at radius 1 is 0.889 bits per heavy atom. The first-order valence-corrected chi connectivity index (χ1v) is 8.32. The summed E-state index contributed by atoms with van der Waals surface area (Å²) in [5.74, 6) is 0. The summed E-state index contributed by atoms with van der Waals surface area (Å²) in [5, 5.41) is 0. The predicted molar refractivity (Wildman–Crippen MR) is 80.9 cm³/mol. The third-order valence-corrected chi connectivity index (χ3v) is 4.31. The van der Waals surface area contributed by atoms with Crippen LogP contribution in [0.15, 0.2) is 0 Å². The highest BCUT2D eigenvalue weighted by atomic mass is 15.2. The second kappa shape index (κ2) is 10.8. The Kier molecular flexibility index (Phi) is 9.59. The molecule has 0 atom stereocenters. The molecule has 1 fully saturated rings. The van der Waals surface area contributed by atoms with Crippen molar-refractivity contribution in [1.29, 1.82) is 0 Å². The molecule has 0 aromatic rings. The Labute approximate surface area is 114 Å². The van der Waals surface area contributed by atoms with Gasteiger partial charge in [-0.25, -0.2) is 0 Å². The van der Waals surface area contributed by atoms with Crippen molar-refractivity contribution in [3.8, 4) is 0 Å². The van der Waals surface area contributed by atoms with Gasteiger partial charge in [0.2, 0.25) is 0 Å². The zero-order valence-corrected chi connectivity index (χ0v) is 12.5. The second-order valence-electron chi connectivity index (χ2n) is 5.88. The van der Waals surface area contributed by atoms with E-state index in [-0.39, 0.29) is 0 Å². The molecule has 2 N–H and O–H groups in total. The molecule has 2 nitrogen and oxygen atoms in total. The molecule has 1 aliphatic carbocycles. The van der Waals surface area contributed by atoms with Crippen LogP contribution in [-0.4, -0.2) is 30.6 Å². The van der Waals surface area contributed by atoms with Crippen LogP contribution in [0.1, 0.15) is 77.6 Å². The van der Waals surface area contributed by atoms with Crippen LogP contribution in [0.3, 0.4) is 0 Å². The van der Waals surface area contributed by atoms with Gasteiger partial charge in [0.1, 0.15) is 0 Å². The van der Waals surface area contributed by atoms with E-state index in [9.17, 15) is 0 Å². The van der Waals surface area contributed by atoms with Gasteiger partial charge < -0.3 is 5.73 Å². The fraction of sp³-hybridized carbons (Fsp3) is 1.00. The molecule has 18 heavy (non-hydrogen) atoms. The average molecular weight is 254 g/mol. The lowest BCUT2D eigenvalue weighted by molar-refractivity contribution is 0.157.